The van der Waals surface area contributed by atoms with Gasteiger partial charge in [-0.2, -0.15) is 5.10 Å². The molecule has 0 unspecified atom stereocenters. The van der Waals surface area contributed by atoms with Crippen LogP contribution in [0.5, 0.6) is 0 Å². The normalized spacial score (nSPS) is 10.7. The highest BCUT2D eigenvalue weighted by Crippen LogP contribution is 2.21. The van der Waals surface area contributed by atoms with Gasteiger partial charge in [-0.1, -0.05) is 35.9 Å². The van der Waals surface area contributed by atoms with E-state index in [1.165, 1.54) is 11.7 Å². The number of carbonyl (C=O) groups excluding carboxylic acids is 1. The van der Waals surface area contributed by atoms with Gasteiger partial charge in [0.05, 0.1) is 5.39 Å². The molecule has 0 fully saturated rings. The summed E-state index contributed by atoms with van der Waals surface area (Å²) in [7, 11) is 1.52. The van der Waals surface area contributed by atoms with Crippen LogP contribution in [0.1, 0.15) is 16.1 Å². The molecule has 1 amide bonds. The Hall–Kier alpha value is -2.66. The summed E-state index contributed by atoms with van der Waals surface area (Å²) in [6.45, 7) is 1.87. The van der Waals surface area contributed by atoms with E-state index in [2.05, 4.69) is 10.4 Å². The van der Waals surface area contributed by atoms with Crippen LogP contribution in [-0.4, -0.2) is 15.7 Å². The van der Waals surface area contributed by atoms with Crippen LogP contribution in [0.4, 0.5) is 5.69 Å². The van der Waals surface area contributed by atoms with Crippen molar-refractivity contribution in [1.29, 1.82) is 0 Å². The molecule has 0 atom stereocenters. The Balaban J connectivity index is 2.10. The minimum Gasteiger partial charge on any atom is -0.320 e. The van der Waals surface area contributed by atoms with Gasteiger partial charge in [0.15, 0.2) is 5.69 Å². The lowest BCUT2D eigenvalue weighted by molar-refractivity contribution is 0.102. The Morgan fingerprint density at radius 2 is 1.87 bits per heavy atom. The van der Waals surface area contributed by atoms with Crippen molar-refractivity contribution in [3.63, 3.8) is 0 Å². The second-order valence-corrected chi connectivity index (χ2v) is 5.67. The fraction of sp³-hybridized carbons (Fsp3) is 0.118. The number of amides is 1. The Morgan fingerprint density at radius 1 is 1.17 bits per heavy atom. The van der Waals surface area contributed by atoms with Gasteiger partial charge in [0.2, 0.25) is 0 Å². The first-order valence-electron chi connectivity index (χ1n) is 7.01. The number of carbonyl (C=O) groups is 1. The quantitative estimate of drug-likeness (QED) is 0.786. The zero-order valence-electron chi connectivity index (χ0n) is 12.6. The number of hydrogen-bond acceptors (Lipinski definition) is 3. The number of halogens is 1. The summed E-state index contributed by atoms with van der Waals surface area (Å²) >= 11 is 5.97. The molecule has 1 aromatic heterocycles. The van der Waals surface area contributed by atoms with Gasteiger partial charge < -0.3 is 5.32 Å². The van der Waals surface area contributed by atoms with Crippen molar-refractivity contribution in [2.24, 2.45) is 7.05 Å². The molecule has 2 aromatic carbocycles. The first kappa shape index (κ1) is 15.2. The Bertz CT molecular complexity index is 979. The number of benzene rings is 2. The first-order valence-corrected chi connectivity index (χ1v) is 7.39. The lowest BCUT2D eigenvalue weighted by Gasteiger charge is -2.11. The highest BCUT2D eigenvalue weighted by Gasteiger charge is 2.16. The van der Waals surface area contributed by atoms with Gasteiger partial charge in [-0.05, 0) is 30.7 Å². The number of fused-ring (bicyclic) bond motifs is 1. The summed E-state index contributed by atoms with van der Waals surface area (Å²) in [6, 6.07) is 12.2. The summed E-state index contributed by atoms with van der Waals surface area (Å²) in [5, 5.41) is 8.42. The summed E-state index contributed by atoms with van der Waals surface area (Å²) in [5.74, 6) is -0.387. The van der Waals surface area contributed by atoms with E-state index in [4.69, 9.17) is 11.6 Å². The molecule has 0 aliphatic carbocycles. The summed E-state index contributed by atoms with van der Waals surface area (Å²) in [4.78, 5) is 24.7. The molecule has 3 rings (SSSR count). The van der Waals surface area contributed by atoms with Crippen molar-refractivity contribution in [3.8, 4) is 0 Å². The molecule has 0 bridgehead atoms. The monoisotopic (exact) mass is 327 g/mol. The van der Waals surface area contributed by atoms with Gasteiger partial charge in [-0.15, -0.1) is 0 Å². The third kappa shape index (κ3) is 2.83. The largest absolute Gasteiger partial charge is 0.320 e. The maximum atomic E-state index is 12.6. The summed E-state index contributed by atoms with van der Waals surface area (Å²) < 4.78 is 1.17. The van der Waals surface area contributed by atoms with E-state index in [9.17, 15) is 9.59 Å². The molecule has 0 aliphatic heterocycles. The third-order valence-corrected chi connectivity index (χ3v) is 3.85. The molecule has 0 radical (unpaired) electrons. The van der Waals surface area contributed by atoms with Crippen LogP contribution >= 0.6 is 11.6 Å². The molecule has 1 heterocycles. The molecular formula is C17H14ClN3O2. The number of aryl methyl sites for hydroxylation is 2. The van der Waals surface area contributed by atoms with Crippen LogP contribution in [-0.2, 0) is 7.05 Å². The molecule has 0 aliphatic rings. The standard InChI is InChI=1S/C17H14ClN3O2/c1-10-7-8-11(18)9-14(10)19-16(22)15-12-5-3-4-6-13(12)17(23)21(2)20-15/h3-9H,1-2H3,(H,19,22). The Labute approximate surface area is 137 Å². The maximum Gasteiger partial charge on any atom is 0.276 e. The van der Waals surface area contributed by atoms with Crippen LogP contribution < -0.4 is 10.9 Å². The number of hydrogen-bond donors (Lipinski definition) is 1. The van der Waals surface area contributed by atoms with Crippen LogP contribution in [0, 0.1) is 6.92 Å². The molecule has 6 heteroatoms. The highest BCUT2D eigenvalue weighted by atomic mass is 35.5. The Morgan fingerprint density at radius 3 is 2.61 bits per heavy atom. The second kappa shape index (κ2) is 5.85. The van der Waals surface area contributed by atoms with Crippen LogP contribution in [0.15, 0.2) is 47.3 Å². The van der Waals surface area contributed by atoms with Crippen molar-refractivity contribution in [3.05, 3.63) is 69.1 Å². The predicted octanol–water partition coefficient (Wildman–Crippen LogP) is 3.15. The van der Waals surface area contributed by atoms with Crippen LogP contribution in [0.25, 0.3) is 10.8 Å². The van der Waals surface area contributed by atoms with Crippen LogP contribution in [0.3, 0.4) is 0 Å². The second-order valence-electron chi connectivity index (χ2n) is 5.24. The molecule has 0 saturated heterocycles. The highest BCUT2D eigenvalue weighted by molar-refractivity contribution is 6.31. The fourth-order valence-corrected chi connectivity index (χ4v) is 2.55. The molecule has 0 spiro atoms. The van der Waals surface area contributed by atoms with E-state index in [-0.39, 0.29) is 17.2 Å². The van der Waals surface area contributed by atoms with E-state index < -0.39 is 0 Å². The SMILES string of the molecule is Cc1ccc(Cl)cc1NC(=O)c1nn(C)c(=O)c2ccccc12. The van der Waals surface area contributed by atoms with Gasteiger partial charge in [0, 0.05) is 23.1 Å². The lowest BCUT2D eigenvalue weighted by Crippen LogP contribution is -2.25. The summed E-state index contributed by atoms with van der Waals surface area (Å²) in [6.07, 6.45) is 0. The number of anilines is 1. The third-order valence-electron chi connectivity index (χ3n) is 3.62. The average molecular weight is 328 g/mol. The van der Waals surface area contributed by atoms with E-state index in [0.29, 0.717) is 21.5 Å². The average Bonchev–Trinajstić information content (AvgIpc) is 2.54. The number of rotatable bonds is 2. The predicted molar refractivity (Wildman–Crippen MR) is 91.1 cm³/mol. The van der Waals surface area contributed by atoms with Gasteiger partial charge in [-0.25, -0.2) is 4.68 Å². The van der Waals surface area contributed by atoms with Gasteiger partial charge in [0.25, 0.3) is 11.5 Å². The van der Waals surface area contributed by atoms with Crippen molar-refractivity contribution >= 4 is 34.0 Å². The number of aromatic nitrogens is 2. The van der Waals surface area contributed by atoms with Gasteiger partial charge in [-0.3, -0.25) is 9.59 Å². The minimum atomic E-state index is -0.387. The van der Waals surface area contributed by atoms with Gasteiger partial charge >= 0.3 is 0 Å². The molecule has 116 valence electrons. The molecule has 0 saturated carbocycles. The molecule has 3 aromatic rings. The number of nitrogens with zero attached hydrogens (tertiary/aromatic N) is 2. The van der Waals surface area contributed by atoms with Crippen molar-refractivity contribution < 1.29 is 4.79 Å². The molecular weight excluding hydrogens is 314 g/mol. The smallest absolute Gasteiger partial charge is 0.276 e. The minimum absolute atomic E-state index is 0.196. The van der Waals surface area contributed by atoms with E-state index >= 15 is 0 Å². The number of nitrogens with one attached hydrogen (secondary N) is 1. The topological polar surface area (TPSA) is 64.0 Å². The van der Waals surface area contributed by atoms with E-state index in [1.807, 2.05) is 13.0 Å². The van der Waals surface area contributed by atoms with E-state index in [1.54, 1.807) is 36.4 Å². The van der Waals surface area contributed by atoms with Crippen molar-refractivity contribution in [1.82, 2.24) is 9.78 Å². The van der Waals surface area contributed by atoms with Gasteiger partial charge in [0.1, 0.15) is 0 Å². The Kier molecular flexibility index (Phi) is 3.88. The fourth-order valence-electron chi connectivity index (χ4n) is 2.38. The summed E-state index contributed by atoms with van der Waals surface area (Å²) in [5.41, 5.74) is 1.46. The van der Waals surface area contributed by atoms with Crippen molar-refractivity contribution in [2.45, 2.75) is 6.92 Å². The first-order chi connectivity index (χ1) is 11.0. The lowest BCUT2D eigenvalue weighted by atomic mass is 10.1. The van der Waals surface area contributed by atoms with E-state index in [0.717, 1.165) is 5.56 Å². The molecule has 23 heavy (non-hydrogen) atoms. The van der Waals surface area contributed by atoms with Crippen LogP contribution in [0.2, 0.25) is 5.02 Å². The maximum absolute atomic E-state index is 12.6. The van der Waals surface area contributed by atoms with Crippen molar-refractivity contribution in [2.75, 3.05) is 5.32 Å². The zero-order valence-corrected chi connectivity index (χ0v) is 13.4. The molecule has 5 nitrogen and oxygen atoms in total. The zero-order chi connectivity index (χ0) is 16.6. The molecule has 1 N–H and O–H groups in total.